The summed E-state index contributed by atoms with van der Waals surface area (Å²) in [7, 11) is 1.61. The molecular weight excluding hydrogens is 410 g/mol. The van der Waals surface area contributed by atoms with Crippen LogP contribution in [0.25, 0.3) is 0 Å². The number of ether oxygens (including phenoxy) is 3. The van der Waals surface area contributed by atoms with Crippen LogP contribution in [0.1, 0.15) is 30.9 Å². The molecule has 1 N–H and O–H groups in total. The summed E-state index contributed by atoms with van der Waals surface area (Å²) in [4.78, 5) is 12.1. The molecule has 2 aromatic rings. The van der Waals surface area contributed by atoms with E-state index >= 15 is 0 Å². The molecule has 2 aromatic carbocycles. The molecule has 0 aromatic heterocycles. The van der Waals surface area contributed by atoms with E-state index in [1.165, 1.54) is 0 Å². The zero-order valence-electron chi connectivity index (χ0n) is 16.0. The lowest BCUT2D eigenvalue weighted by Gasteiger charge is -2.13. The molecule has 0 saturated heterocycles. The van der Waals surface area contributed by atoms with Crippen LogP contribution in [0.3, 0.4) is 0 Å². The summed E-state index contributed by atoms with van der Waals surface area (Å²) in [5.74, 6) is 1.90. The number of hydrogen-bond donors (Lipinski definition) is 1. The highest BCUT2D eigenvalue weighted by atomic mass is 79.9. The fourth-order valence-corrected chi connectivity index (χ4v) is 2.91. The van der Waals surface area contributed by atoms with Gasteiger partial charge >= 0.3 is 0 Å². The van der Waals surface area contributed by atoms with Crippen LogP contribution in [-0.4, -0.2) is 26.2 Å². The van der Waals surface area contributed by atoms with Crippen LogP contribution in [0.15, 0.2) is 40.9 Å². The molecule has 2 rings (SSSR count). The molecule has 0 bridgehead atoms. The minimum absolute atomic E-state index is 0.0299. The fraction of sp³-hybridized carbons (Fsp3) is 0.381. The lowest BCUT2D eigenvalue weighted by molar-refractivity contribution is -0.123. The van der Waals surface area contributed by atoms with Gasteiger partial charge in [-0.3, -0.25) is 4.79 Å². The van der Waals surface area contributed by atoms with Crippen molar-refractivity contribution in [3.8, 4) is 17.2 Å². The minimum atomic E-state index is -0.181. The second kappa shape index (κ2) is 10.8. The van der Waals surface area contributed by atoms with E-state index in [1.807, 2.05) is 43.3 Å². The molecule has 0 saturated carbocycles. The highest BCUT2D eigenvalue weighted by Crippen LogP contribution is 2.28. The molecule has 0 aliphatic rings. The Morgan fingerprint density at radius 2 is 1.85 bits per heavy atom. The number of unbranched alkanes of at least 4 members (excludes halogenated alkanes) is 1. The Morgan fingerprint density at radius 3 is 2.56 bits per heavy atom. The van der Waals surface area contributed by atoms with Crippen LogP contribution < -0.4 is 19.5 Å². The van der Waals surface area contributed by atoms with E-state index in [-0.39, 0.29) is 12.5 Å². The zero-order chi connectivity index (χ0) is 19.6. The van der Waals surface area contributed by atoms with Crippen molar-refractivity contribution in [2.24, 2.45) is 0 Å². The Labute approximate surface area is 169 Å². The summed E-state index contributed by atoms with van der Waals surface area (Å²) < 4.78 is 17.7. The van der Waals surface area contributed by atoms with Crippen molar-refractivity contribution in [2.45, 2.75) is 33.2 Å². The van der Waals surface area contributed by atoms with Crippen LogP contribution in [0.4, 0.5) is 0 Å². The second-order valence-corrected chi connectivity index (χ2v) is 7.08. The molecular formula is C21H26BrNO4. The molecule has 5 nitrogen and oxygen atoms in total. The molecule has 27 heavy (non-hydrogen) atoms. The molecule has 0 fully saturated rings. The van der Waals surface area contributed by atoms with Gasteiger partial charge in [0.1, 0.15) is 5.75 Å². The maximum absolute atomic E-state index is 12.1. The van der Waals surface area contributed by atoms with E-state index < -0.39 is 0 Å². The monoisotopic (exact) mass is 435 g/mol. The van der Waals surface area contributed by atoms with E-state index in [0.717, 1.165) is 34.2 Å². The van der Waals surface area contributed by atoms with Gasteiger partial charge in [0.15, 0.2) is 18.1 Å². The van der Waals surface area contributed by atoms with Crippen LogP contribution >= 0.6 is 15.9 Å². The average Bonchev–Trinajstić information content (AvgIpc) is 2.66. The molecule has 1 amide bonds. The van der Waals surface area contributed by atoms with E-state index in [0.29, 0.717) is 24.7 Å². The number of hydrogen-bond acceptors (Lipinski definition) is 4. The van der Waals surface area contributed by atoms with Crippen molar-refractivity contribution in [3.63, 3.8) is 0 Å². The van der Waals surface area contributed by atoms with Gasteiger partial charge < -0.3 is 19.5 Å². The number of carbonyl (C=O) groups excluding carboxylic acids is 1. The first kappa shape index (κ1) is 21.1. The van der Waals surface area contributed by atoms with Crippen molar-refractivity contribution in [1.82, 2.24) is 5.32 Å². The highest BCUT2D eigenvalue weighted by Gasteiger charge is 2.08. The van der Waals surface area contributed by atoms with Gasteiger partial charge in [-0.25, -0.2) is 0 Å². The van der Waals surface area contributed by atoms with E-state index in [4.69, 9.17) is 14.2 Å². The highest BCUT2D eigenvalue weighted by molar-refractivity contribution is 9.10. The summed E-state index contributed by atoms with van der Waals surface area (Å²) in [5.41, 5.74) is 1.91. The van der Waals surface area contributed by atoms with E-state index in [1.54, 1.807) is 7.11 Å². The van der Waals surface area contributed by atoms with Gasteiger partial charge in [-0.15, -0.1) is 0 Å². The summed E-state index contributed by atoms with van der Waals surface area (Å²) in [6.07, 6.45) is 2.08. The number of nitrogens with one attached hydrogen (secondary N) is 1. The third kappa shape index (κ3) is 6.79. The second-order valence-electron chi connectivity index (χ2n) is 6.16. The Hall–Kier alpha value is -2.21. The number of carbonyl (C=O) groups is 1. The minimum Gasteiger partial charge on any atom is -0.493 e. The van der Waals surface area contributed by atoms with Crippen molar-refractivity contribution in [2.75, 3.05) is 20.3 Å². The Balaban J connectivity index is 1.85. The maximum atomic E-state index is 12.1. The normalized spacial score (nSPS) is 10.4. The number of amides is 1. The SMILES string of the molecule is CCCCOc1ccc(CNC(=O)COc2ccc(Br)cc2C)cc1OC. The van der Waals surface area contributed by atoms with Crippen molar-refractivity contribution in [3.05, 3.63) is 52.0 Å². The van der Waals surface area contributed by atoms with Crippen molar-refractivity contribution in [1.29, 1.82) is 0 Å². The van der Waals surface area contributed by atoms with E-state index in [2.05, 4.69) is 28.2 Å². The summed E-state index contributed by atoms with van der Waals surface area (Å²) in [5, 5.41) is 2.85. The molecule has 0 heterocycles. The zero-order valence-corrected chi connectivity index (χ0v) is 17.6. The summed E-state index contributed by atoms with van der Waals surface area (Å²) in [6, 6.07) is 11.3. The molecule has 0 aliphatic heterocycles. The number of halogens is 1. The van der Waals surface area contributed by atoms with Crippen molar-refractivity contribution >= 4 is 21.8 Å². The van der Waals surface area contributed by atoms with E-state index in [9.17, 15) is 4.79 Å². The third-order valence-electron chi connectivity index (χ3n) is 3.97. The summed E-state index contributed by atoms with van der Waals surface area (Å²) >= 11 is 3.41. The number of aryl methyl sites for hydroxylation is 1. The molecule has 0 spiro atoms. The molecule has 0 atom stereocenters. The molecule has 146 valence electrons. The summed E-state index contributed by atoms with van der Waals surface area (Å²) in [6.45, 7) is 5.09. The topological polar surface area (TPSA) is 56.8 Å². The first-order valence-electron chi connectivity index (χ1n) is 8.98. The van der Waals surface area contributed by atoms with Crippen LogP contribution in [0.2, 0.25) is 0 Å². The molecule has 0 aliphatic carbocycles. The third-order valence-corrected chi connectivity index (χ3v) is 4.46. The standard InChI is InChI=1S/C21H26BrNO4/c1-4-5-10-26-19-8-6-16(12-20(19)25-3)13-23-21(24)14-27-18-9-7-17(22)11-15(18)2/h6-9,11-12H,4-5,10,13-14H2,1-3H3,(H,23,24). The van der Waals surface area contributed by atoms with Gasteiger partial charge in [-0.2, -0.15) is 0 Å². The predicted octanol–water partition coefficient (Wildman–Crippen LogP) is 4.64. The molecule has 6 heteroatoms. The maximum Gasteiger partial charge on any atom is 0.258 e. The molecule has 0 unspecified atom stereocenters. The largest absolute Gasteiger partial charge is 0.493 e. The van der Waals surface area contributed by atoms with Gasteiger partial charge in [0.05, 0.1) is 13.7 Å². The van der Waals surface area contributed by atoms with Gasteiger partial charge in [0.25, 0.3) is 5.91 Å². The number of rotatable bonds is 10. The first-order chi connectivity index (χ1) is 13.0. The lowest BCUT2D eigenvalue weighted by atomic mass is 10.2. The van der Waals surface area contributed by atoms with Crippen LogP contribution in [0.5, 0.6) is 17.2 Å². The smallest absolute Gasteiger partial charge is 0.258 e. The first-order valence-corrected chi connectivity index (χ1v) is 9.78. The number of benzene rings is 2. The molecule has 0 radical (unpaired) electrons. The Kier molecular flexibility index (Phi) is 8.45. The Morgan fingerprint density at radius 1 is 1.07 bits per heavy atom. The predicted molar refractivity (Wildman–Crippen MR) is 110 cm³/mol. The quantitative estimate of drug-likeness (QED) is 0.552. The van der Waals surface area contributed by atoms with Crippen molar-refractivity contribution < 1.29 is 19.0 Å². The van der Waals surface area contributed by atoms with Crippen LogP contribution in [-0.2, 0) is 11.3 Å². The number of methoxy groups -OCH3 is 1. The Bertz CT molecular complexity index is 764. The van der Waals surface area contributed by atoms with Gasteiger partial charge in [0.2, 0.25) is 0 Å². The van der Waals surface area contributed by atoms with Gasteiger partial charge in [-0.1, -0.05) is 35.3 Å². The average molecular weight is 436 g/mol. The fourth-order valence-electron chi connectivity index (χ4n) is 2.44. The van der Waals surface area contributed by atoms with Crippen LogP contribution in [0, 0.1) is 6.92 Å². The van der Waals surface area contributed by atoms with Gasteiger partial charge in [-0.05, 0) is 54.8 Å². The van der Waals surface area contributed by atoms with Gasteiger partial charge in [0, 0.05) is 11.0 Å². The lowest BCUT2D eigenvalue weighted by Crippen LogP contribution is -2.28.